The van der Waals surface area contributed by atoms with Crippen molar-refractivity contribution in [3.05, 3.63) is 59.7 Å². The molecule has 0 bridgehead atoms. The highest BCUT2D eigenvalue weighted by atomic mass is 16.5. The normalized spacial score (nSPS) is 11.1. The molecule has 2 aromatic carbocycles. The van der Waals surface area contributed by atoms with Crippen molar-refractivity contribution in [3.8, 4) is 11.5 Å². The molecule has 2 N–H and O–H groups in total. The number of rotatable bonds is 8. The molecule has 29 heavy (non-hydrogen) atoms. The number of hydrogen-bond donors (Lipinski definition) is 2. The van der Waals surface area contributed by atoms with E-state index >= 15 is 0 Å². The number of imide groups is 1. The third-order valence-corrected chi connectivity index (χ3v) is 3.96. The molecule has 8 nitrogen and oxygen atoms in total. The predicted molar refractivity (Wildman–Crippen MR) is 106 cm³/mol. The zero-order chi connectivity index (χ0) is 21.2. The minimum Gasteiger partial charge on any atom is -0.493 e. The molecular weight excluding hydrogens is 376 g/mol. The molecule has 0 spiro atoms. The summed E-state index contributed by atoms with van der Waals surface area (Å²) in [6.07, 6.45) is -1.34. The average molecular weight is 400 g/mol. The SMILES string of the molecule is CCNC(=O)NC(=O)[C@@H](OC(=O)Cc1ccc(OC)c(OC)c1)c1ccccc1. The van der Waals surface area contributed by atoms with Crippen molar-refractivity contribution < 1.29 is 28.6 Å². The quantitative estimate of drug-likeness (QED) is 0.660. The van der Waals surface area contributed by atoms with Gasteiger partial charge >= 0.3 is 12.0 Å². The van der Waals surface area contributed by atoms with Crippen LogP contribution in [0.2, 0.25) is 0 Å². The van der Waals surface area contributed by atoms with Gasteiger partial charge in [-0.3, -0.25) is 14.9 Å². The summed E-state index contributed by atoms with van der Waals surface area (Å²) >= 11 is 0. The maximum atomic E-state index is 12.5. The number of ether oxygens (including phenoxy) is 3. The highest BCUT2D eigenvalue weighted by Gasteiger charge is 2.26. The van der Waals surface area contributed by atoms with Gasteiger partial charge in [0.05, 0.1) is 20.6 Å². The highest BCUT2D eigenvalue weighted by Crippen LogP contribution is 2.28. The molecular formula is C21H24N2O6. The van der Waals surface area contributed by atoms with Gasteiger partial charge in [-0.1, -0.05) is 36.4 Å². The first-order valence-corrected chi connectivity index (χ1v) is 9.02. The molecule has 0 saturated carbocycles. The van der Waals surface area contributed by atoms with E-state index in [0.29, 0.717) is 29.2 Å². The molecule has 1 atom stereocenters. The van der Waals surface area contributed by atoms with E-state index in [1.54, 1.807) is 55.5 Å². The van der Waals surface area contributed by atoms with Gasteiger partial charge in [-0.05, 0) is 24.6 Å². The first-order chi connectivity index (χ1) is 14.0. The van der Waals surface area contributed by atoms with E-state index in [-0.39, 0.29) is 6.42 Å². The number of carbonyl (C=O) groups is 3. The first-order valence-electron chi connectivity index (χ1n) is 9.02. The van der Waals surface area contributed by atoms with E-state index in [1.165, 1.54) is 14.2 Å². The Morgan fingerprint density at radius 3 is 2.28 bits per heavy atom. The number of esters is 1. The summed E-state index contributed by atoms with van der Waals surface area (Å²) < 4.78 is 15.8. The molecule has 3 amide bonds. The molecule has 0 radical (unpaired) electrons. The lowest BCUT2D eigenvalue weighted by atomic mass is 10.1. The Labute approximate surface area is 169 Å². The van der Waals surface area contributed by atoms with Crippen LogP contribution in [-0.2, 0) is 20.7 Å². The van der Waals surface area contributed by atoms with Crippen LogP contribution >= 0.6 is 0 Å². The zero-order valence-corrected chi connectivity index (χ0v) is 16.6. The zero-order valence-electron chi connectivity index (χ0n) is 16.6. The molecule has 0 aliphatic rings. The van der Waals surface area contributed by atoms with Crippen LogP contribution < -0.4 is 20.1 Å². The van der Waals surface area contributed by atoms with Crippen molar-refractivity contribution >= 4 is 17.9 Å². The van der Waals surface area contributed by atoms with Gasteiger partial charge in [0.25, 0.3) is 5.91 Å². The molecule has 2 rings (SSSR count). The van der Waals surface area contributed by atoms with Crippen molar-refractivity contribution in [1.29, 1.82) is 0 Å². The van der Waals surface area contributed by atoms with Gasteiger partial charge in [0.15, 0.2) is 11.5 Å². The molecule has 8 heteroatoms. The lowest BCUT2D eigenvalue weighted by Gasteiger charge is -2.18. The molecule has 154 valence electrons. The van der Waals surface area contributed by atoms with E-state index in [9.17, 15) is 14.4 Å². The summed E-state index contributed by atoms with van der Waals surface area (Å²) in [4.78, 5) is 36.7. The van der Waals surface area contributed by atoms with Crippen LogP contribution in [0.15, 0.2) is 48.5 Å². The van der Waals surface area contributed by atoms with Gasteiger partial charge in [-0.2, -0.15) is 0 Å². The smallest absolute Gasteiger partial charge is 0.321 e. The molecule has 0 fully saturated rings. The van der Waals surface area contributed by atoms with E-state index < -0.39 is 24.0 Å². The monoisotopic (exact) mass is 400 g/mol. The Hall–Kier alpha value is -3.55. The number of hydrogen-bond acceptors (Lipinski definition) is 6. The van der Waals surface area contributed by atoms with Crippen LogP contribution in [0.5, 0.6) is 11.5 Å². The van der Waals surface area contributed by atoms with Gasteiger partial charge in [0.1, 0.15) is 0 Å². The summed E-state index contributed by atoms with van der Waals surface area (Å²) in [5.74, 6) is -0.348. The van der Waals surface area contributed by atoms with Crippen molar-refractivity contribution in [2.24, 2.45) is 0 Å². The maximum Gasteiger partial charge on any atom is 0.321 e. The molecule has 0 aliphatic heterocycles. The standard InChI is InChI=1S/C21H24N2O6/c1-4-22-21(26)23-20(25)19(15-8-6-5-7-9-15)29-18(24)13-14-10-11-16(27-2)17(12-14)28-3/h5-12,19H,4,13H2,1-3H3,(H2,22,23,25,26)/t19-/m0/s1. The second-order valence-corrected chi connectivity index (χ2v) is 6.00. The number of urea groups is 1. The van der Waals surface area contributed by atoms with Gasteiger partial charge in [-0.15, -0.1) is 0 Å². The lowest BCUT2D eigenvalue weighted by Crippen LogP contribution is -2.42. The van der Waals surface area contributed by atoms with Crippen molar-refractivity contribution in [2.75, 3.05) is 20.8 Å². The number of benzene rings is 2. The molecule has 0 unspecified atom stereocenters. The van der Waals surface area contributed by atoms with E-state index in [1.807, 2.05) is 0 Å². The molecule has 0 aromatic heterocycles. The Bertz CT molecular complexity index is 854. The Kier molecular flexibility index (Phi) is 8.02. The summed E-state index contributed by atoms with van der Waals surface area (Å²) in [5.41, 5.74) is 1.08. The molecule has 0 aliphatic carbocycles. The summed E-state index contributed by atoms with van der Waals surface area (Å²) in [6.45, 7) is 2.08. The second-order valence-electron chi connectivity index (χ2n) is 6.00. The Morgan fingerprint density at radius 1 is 0.966 bits per heavy atom. The maximum absolute atomic E-state index is 12.5. The van der Waals surface area contributed by atoms with Crippen molar-refractivity contribution in [1.82, 2.24) is 10.6 Å². The predicted octanol–water partition coefficient (Wildman–Crippen LogP) is 2.38. The third-order valence-electron chi connectivity index (χ3n) is 3.96. The summed E-state index contributed by atoms with van der Waals surface area (Å²) in [7, 11) is 3.01. The van der Waals surface area contributed by atoms with Gasteiger partial charge in [0.2, 0.25) is 6.10 Å². The molecule has 0 heterocycles. The van der Waals surface area contributed by atoms with Crippen LogP contribution in [-0.4, -0.2) is 38.7 Å². The molecule has 2 aromatic rings. The van der Waals surface area contributed by atoms with Gasteiger partial charge in [0, 0.05) is 12.1 Å². The van der Waals surface area contributed by atoms with E-state index in [2.05, 4.69) is 10.6 Å². The number of carbonyl (C=O) groups excluding carboxylic acids is 3. The highest BCUT2D eigenvalue weighted by molar-refractivity contribution is 5.97. The minimum atomic E-state index is -1.26. The van der Waals surface area contributed by atoms with Crippen molar-refractivity contribution in [2.45, 2.75) is 19.4 Å². The van der Waals surface area contributed by atoms with Gasteiger partial charge in [-0.25, -0.2) is 4.79 Å². The number of nitrogens with one attached hydrogen (secondary N) is 2. The minimum absolute atomic E-state index is 0.0852. The fourth-order valence-electron chi connectivity index (χ4n) is 2.61. The van der Waals surface area contributed by atoms with Crippen LogP contribution in [0.25, 0.3) is 0 Å². The lowest BCUT2D eigenvalue weighted by molar-refractivity contribution is -0.155. The largest absolute Gasteiger partial charge is 0.493 e. The molecule has 0 saturated heterocycles. The fraction of sp³-hybridized carbons (Fsp3) is 0.286. The first kappa shape index (κ1) is 21.7. The van der Waals surface area contributed by atoms with Crippen molar-refractivity contribution in [3.63, 3.8) is 0 Å². The fourth-order valence-corrected chi connectivity index (χ4v) is 2.61. The number of amides is 3. The van der Waals surface area contributed by atoms with Crippen LogP contribution in [0, 0.1) is 0 Å². The average Bonchev–Trinajstić information content (AvgIpc) is 2.72. The Balaban J connectivity index is 2.15. The topological polar surface area (TPSA) is 103 Å². The van der Waals surface area contributed by atoms with Crippen LogP contribution in [0.1, 0.15) is 24.2 Å². The second kappa shape index (κ2) is 10.7. The summed E-state index contributed by atoms with van der Waals surface area (Å²) in [5, 5.41) is 4.64. The van der Waals surface area contributed by atoms with E-state index in [4.69, 9.17) is 14.2 Å². The van der Waals surface area contributed by atoms with Crippen LogP contribution in [0.3, 0.4) is 0 Å². The van der Waals surface area contributed by atoms with Gasteiger partial charge < -0.3 is 19.5 Å². The summed E-state index contributed by atoms with van der Waals surface area (Å²) in [6, 6.07) is 12.9. The third kappa shape index (κ3) is 6.24. The Morgan fingerprint density at radius 2 is 1.66 bits per heavy atom. The van der Waals surface area contributed by atoms with Crippen LogP contribution in [0.4, 0.5) is 4.79 Å². The number of methoxy groups -OCH3 is 2. The van der Waals surface area contributed by atoms with E-state index in [0.717, 1.165) is 0 Å².